The molecule has 1 aromatic heterocycles. The van der Waals surface area contributed by atoms with Crippen LogP contribution in [0.25, 0.3) is 11.3 Å². The lowest BCUT2D eigenvalue weighted by Crippen LogP contribution is -2.27. The van der Waals surface area contributed by atoms with Crippen LogP contribution in [-0.4, -0.2) is 23.5 Å². The Kier molecular flexibility index (Phi) is 5.15. The monoisotopic (exact) mass is 332 g/mol. The van der Waals surface area contributed by atoms with Crippen molar-refractivity contribution in [2.75, 3.05) is 11.9 Å². The van der Waals surface area contributed by atoms with E-state index < -0.39 is 17.3 Å². The summed E-state index contributed by atoms with van der Waals surface area (Å²) in [5.41, 5.74) is 2.35. The number of carbonyl (C=O) groups is 2. The Bertz CT molecular complexity index is 699. The first-order valence-electron chi connectivity index (χ1n) is 7.25. The van der Waals surface area contributed by atoms with Crippen LogP contribution in [0.1, 0.15) is 26.3 Å². The second kappa shape index (κ2) is 6.91. The van der Waals surface area contributed by atoms with Crippen LogP contribution >= 0.6 is 11.3 Å². The Morgan fingerprint density at radius 3 is 2.48 bits per heavy atom. The number of nitrogens with zero attached hydrogens (tertiary/aromatic N) is 1. The number of aromatic nitrogens is 1. The fraction of sp³-hybridized carbons (Fsp3) is 0.353. The molecular weight excluding hydrogens is 312 g/mol. The molecule has 0 saturated carbocycles. The molecule has 5 nitrogen and oxygen atoms in total. The van der Waals surface area contributed by atoms with E-state index in [1.807, 2.05) is 36.6 Å². The van der Waals surface area contributed by atoms with Gasteiger partial charge in [0.25, 0.3) is 5.91 Å². The predicted molar refractivity (Wildman–Crippen MR) is 91.3 cm³/mol. The zero-order valence-electron chi connectivity index (χ0n) is 13.7. The lowest BCUT2D eigenvalue weighted by Gasteiger charge is -2.15. The molecule has 1 heterocycles. The van der Waals surface area contributed by atoms with Crippen molar-refractivity contribution in [2.45, 2.75) is 27.7 Å². The lowest BCUT2D eigenvalue weighted by atomic mass is 9.97. The molecule has 2 aromatic rings. The van der Waals surface area contributed by atoms with E-state index in [1.54, 1.807) is 20.8 Å². The highest BCUT2D eigenvalue weighted by Crippen LogP contribution is 2.25. The van der Waals surface area contributed by atoms with Gasteiger partial charge >= 0.3 is 5.97 Å². The van der Waals surface area contributed by atoms with Crippen molar-refractivity contribution in [3.8, 4) is 11.3 Å². The number of benzene rings is 1. The lowest BCUT2D eigenvalue weighted by molar-refractivity contribution is -0.155. The zero-order chi connectivity index (χ0) is 17.0. The van der Waals surface area contributed by atoms with E-state index in [0.717, 1.165) is 11.3 Å². The number of hydrogen-bond acceptors (Lipinski definition) is 5. The summed E-state index contributed by atoms with van der Waals surface area (Å²) in [6.45, 7) is 6.93. The fourth-order valence-corrected chi connectivity index (χ4v) is 2.43. The number of carbonyl (C=O) groups excluding carboxylic acids is 2. The number of hydrogen-bond donors (Lipinski definition) is 1. The van der Waals surface area contributed by atoms with Gasteiger partial charge in [0.2, 0.25) is 0 Å². The van der Waals surface area contributed by atoms with Crippen molar-refractivity contribution in [3.05, 3.63) is 35.2 Å². The summed E-state index contributed by atoms with van der Waals surface area (Å²) >= 11 is 1.33. The number of amides is 1. The zero-order valence-corrected chi connectivity index (χ0v) is 14.5. The average Bonchev–Trinajstić information content (AvgIpc) is 2.93. The third kappa shape index (κ3) is 4.89. The standard InChI is InChI=1S/C17H20N2O3S/c1-11-5-7-12(8-6-11)13-10-23-16(18-13)19-14(20)9-22-15(21)17(2,3)4/h5-8,10H,9H2,1-4H3,(H,18,19,20). The van der Waals surface area contributed by atoms with Crippen molar-refractivity contribution in [2.24, 2.45) is 5.41 Å². The highest BCUT2D eigenvalue weighted by Gasteiger charge is 2.23. The van der Waals surface area contributed by atoms with Gasteiger partial charge in [-0.1, -0.05) is 29.8 Å². The van der Waals surface area contributed by atoms with Crippen LogP contribution in [0.15, 0.2) is 29.6 Å². The maximum Gasteiger partial charge on any atom is 0.311 e. The summed E-state index contributed by atoms with van der Waals surface area (Å²) < 4.78 is 4.97. The number of aryl methyl sites for hydroxylation is 1. The summed E-state index contributed by atoms with van der Waals surface area (Å²) in [6.07, 6.45) is 0. The molecule has 1 N–H and O–H groups in total. The SMILES string of the molecule is Cc1ccc(-c2csc(NC(=O)COC(=O)C(C)(C)C)n2)cc1. The van der Waals surface area contributed by atoms with Crippen molar-refractivity contribution in [1.29, 1.82) is 0 Å². The molecule has 0 saturated heterocycles. The molecule has 0 aliphatic rings. The minimum absolute atomic E-state index is 0.310. The smallest absolute Gasteiger partial charge is 0.311 e. The Hall–Kier alpha value is -2.21. The van der Waals surface area contributed by atoms with E-state index in [0.29, 0.717) is 5.13 Å². The largest absolute Gasteiger partial charge is 0.455 e. The van der Waals surface area contributed by atoms with Gasteiger partial charge in [-0.3, -0.25) is 14.9 Å². The number of esters is 1. The molecule has 0 spiro atoms. The van der Waals surface area contributed by atoms with Gasteiger partial charge in [-0.15, -0.1) is 11.3 Å². The van der Waals surface area contributed by atoms with Crippen LogP contribution in [0.5, 0.6) is 0 Å². The number of ether oxygens (including phenoxy) is 1. The van der Waals surface area contributed by atoms with Crippen LogP contribution in [0.4, 0.5) is 5.13 Å². The van der Waals surface area contributed by atoms with Gasteiger partial charge in [0.1, 0.15) is 0 Å². The van der Waals surface area contributed by atoms with Crippen molar-refractivity contribution >= 4 is 28.3 Å². The maximum atomic E-state index is 11.8. The minimum atomic E-state index is -0.625. The van der Waals surface area contributed by atoms with E-state index in [4.69, 9.17) is 4.74 Å². The first kappa shape index (κ1) is 17.1. The Morgan fingerprint density at radius 1 is 1.22 bits per heavy atom. The summed E-state index contributed by atoms with van der Waals surface area (Å²) in [6, 6.07) is 8.00. The normalized spacial score (nSPS) is 11.1. The van der Waals surface area contributed by atoms with E-state index in [9.17, 15) is 9.59 Å². The molecule has 0 unspecified atom stereocenters. The van der Waals surface area contributed by atoms with Crippen LogP contribution < -0.4 is 5.32 Å². The predicted octanol–water partition coefficient (Wildman–Crippen LogP) is 3.65. The molecule has 1 aromatic carbocycles. The first-order chi connectivity index (χ1) is 10.8. The second-order valence-corrected chi connectivity index (χ2v) is 7.14. The van der Waals surface area contributed by atoms with E-state index in [1.165, 1.54) is 16.9 Å². The molecule has 0 radical (unpaired) electrons. The van der Waals surface area contributed by atoms with Gasteiger partial charge in [-0.2, -0.15) is 0 Å². The van der Waals surface area contributed by atoms with Crippen molar-refractivity contribution in [3.63, 3.8) is 0 Å². The van der Waals surface area contributed by atoms with Crippen LogP contribution in [0.2, 0.25) is 0 Å². The Labute approximate surface area is 139 Å². The van der Waals surface area contributed by atoms with Crippen LogP contribution in [0, 0.1) is 12.3 Å². The van der Waals surface area contributed by atoms with Gasteiger partial charge < -0.3 is 4.74 Å². The molecule has 6 heteroatoms. The summed E-state index contributed by atoms with van der Waals surface area (Å²) in [5, 5.41) is 5.00. The van der Waals surface area contributed by atoms with Gasteiger partial charge in [-0.05, 0) is 27.7 Å². The quantitative estimate of drug-likeness (QED) is 0.868. The second-order valence-electron chi connectivity index (χ2n) is 6.28. The van der Waals surface area contributed by atoms with Crippen LogP contribution in [-0.2, 0) is 14.3 Å². The van der Waals surface area contributed by atoms with Gasteiger partial charge in [-0.25, -0.2) is 4.98 Å². The number of thiazole rings is 1. The fourth-order valence-electron chi connectivity index (χ4n) is 1.69. The van der Waals surface area contributed by atoms with Crippen molar-refractivity contribution < 1.29 is 14.3 Å². The molecule has 0 aliphatic carbocycles. The first-order valence-corrected chi connectivity index (χ1v) is 8.13. The highest BCUT2D eigenvalue weighted by molar-refractivity contribution is 7.14. The minimum Gasteiger partial charge on any atom is -0.455 e. The topological polar surface area (TPSA) is 68.3 Å². The number of nitrogens with one attached hydrogen (secondary N) is 1. The molecule has 0 bridgehead atoms. The molecule has 0 fully saturated rings. The third-order valence-corrected chi connectivity index (χ3v) is 3.80. The van der Waals surface area contributed by atoms with Gasteiger partial charge in [0.05, 0.1) is 11.1 Å². The Balaban J connectivity index is 1.93. The molecule has 122 valence electrons. The average molecular weight is 332 g/mol. The maximum absolute atomic E-state index is 11.8. The summed E-state index contributed by atoms with van der Waals surface area (Å²) in [5.74, 6) is -0.806. The third-order valence-electron chi connectivity index (χ3n) is 3.04. The van der Waals surface area contributed by atoms with E-state index >= 15 is 0 Å². The molecule has 2 rings (SSSR count). The molecule has 0 aliphatic heterocycles. The number of rotatable bonds is 4. The molecule has 1 amide bonds. The summed E-state index contributed by atoms with van der Waals surface area (Å²) in [7, 11) is 0. The van der Waals surface area contributed by atoms with E-state index in [2.05, 4.69) is 10.3 Å². The molecule has 23 heavy (non-hydrogen) atoms. The van der Waals surface area contributed by atoms with Gasteiger partial charge in [0.15, 0.2) is 11.7 Å². The molecular formula is C17H20N2O3S. The van der Waals surface area contributed by atoms with Gasteiger partial charge in [0, 0.05) is 10.9 Å². The van der Waals surface area contributed by atoms with Crippen LogP contribution in [0.3, 0.4) is 0 Å². The molecule has 0 atom stereocenters. The number of anilines is 1. The summed E-state index contributed by atoms with van der Waals surface area (Å²) in [4.78, 5) is 27.8. The highest BCUT2D eigenvalue weighted by atomic mass is 32.1. The Morgan fingerprint density at radius 2 is 1.87 bits per heavy atom. The van der Waals surface area contributed by atoms with E-state index in [-0.39, 0.29) is 6.61 Å². The van der Waals surface area contributed by atoms with Crippen molar-refractivity contribution in [1.82, 2.24) is 4.98 Å².